The lowest BCUT2D eigenvalue weighted by Crippen LogP contribution is -2.09. The maximum absolute atomic E-state index is 4.36. The van der Waals surface area contributed by atoms with Crippen LogP contribution in [-0.4, -0.2) is 30.6 Å². The van der Waals surface area contributed by atoms with Crippen LogP contribution in [0.2, 0.25) is 0 Å². The first-order chi connectivity index (χ1) is 9.15. The Hall–Kier alpha value is -2.10. The third-order valence-corrected chi connectivity index (χ3v) is 2.93. The fourth-order valence-corrected chi connectivity index (χ4v) is 1.84. The van der Waals surface area contributed by atoms with Gasteiger partial charge >= 0.3 is 0 Å². The number of nitrogens with zero attached hydrogens (tertiary/aromatic N) is 3. The summed E-state index contributed by atoms with van der Waals surface area (Å²) in [5, 5.41) is 3.29. The number of aryl methyl sites for hydroxylation is 1. The molecule has 0 atom stereocenters. The molecule has 0 aliphatic heterocycles. The summed E-state index contributed by atoms with van der Waals surface area (Å²) in [7, 11) is 4.10. The molecule has 0 saturated heterocycles. The van der Waals surface area contributed by atoms with E-state index in [0.717, 1.165) is 24.5 Å². The van der Waals surface area contributed by atoms with E-state index in [1.807, 2.05) is 21.0 Å². The highest BCUT2D eigenvalue weighted by Gasteiger charge is 1.98. The van der Waals surface area contributed by atoms with Crippen LogP contribution < -0.4 is 10.2 Å². The molecule has 0 radical (unpaired) electrons. The molecule has 0 aliphatic rings. The van der Waals surface area contributed by atoms with Gasteiger partial charge in [0.1, 0.15) is 5.82 Å². The monoisotopic (exact) mass is 256 g/mol. The van der Waals surface area contributed by atoms with Gasteiger partial charge in [-0.1, -0.05) is 12.1 Å². The maximum atomic E-state index is 4.36. The van der Waals surface area contributed by atoms with Gasteiger partial charge in [0.25, 0.3) is 0 Å². The van der Waals surface area contributed by atoms with Crippen molar-refractivity contribution in [3.05, 3.63) is 47.9 Å². The number of benzene rings is 1. The fraction of sp³-hybridized carbons (Fsp3) is 0.333. The summed E-state index contributed by atoms with van der Waals surface area (Å²) in [5.41, 5.74) is 3.47. The van der Waals surface area contributed by atoms with Gasteiger partial charge in [0, 0.05) is 32.5 Å². The van der Waals surface area contributed by atoms with Gasteiger partial charge in [-0.2, -0.15) is 0 Å². The lowest BCUT2D eigenvalue weighted by atomic mass is 10.1. The van der Waals surface area contributed by atoms with Crippen LogP contribution in [0.15, 0.2) is 36.7 Å². The summed E-state index contributed by atoms with van der Waals surface area (Å²) in [5.74, 6) is 0.838. The Kier molecular flexibility index (Phi) is 4.34. The first-order valence-electron chi connectivity index (χ1n) is 6.44. The zero-order chi connectivity index (χ0) is 13.7. The molecule has 1 N–H and O–H groups in total. The van der Waals surface area contributed by atoms with Crippen LogP contribution in [0.3, 0.4) is 0 Å². The zero-order valence-electron chi connectivity index (χ0n) is 11.7. The molecule has 0 saturated carbocycles. The average Bonchev–Trinajstić information content (AvgIpc) is 2.39. The molecule has 4 nitrogen and oxygen atoms in total. The predicted octanol–water partition coefficient (Wildman–Crippen LogP) is 2.51. The van der Waals surface area contributed by atoms with E-state index in [9.17, 15) is 0 Å². The average molecular weight is 256 g/mol. The molecular weight excluding hydrogens is 236 g/mol. The first-order valence-corrected chi connectivity index (χ1v) is 6.44. The fourth-order valence-electron chi connectivity index (χ4n) is 1.84. The maximum Gasteiger partial charge on any atom is 0.144 e. The minimum atomic E-state index is 0.838. The molecule has 100 valence electrons. The van der Waals surface area contributed by atoms with Gasteiger partial charge in [0.05, 0.1) is 11.9 Å². The number of hydrogen-bond donors (Lipinski definition) is 1. The molecule has 4 heteroatoms. The normalized spacial score (nSPS) is 10.3. The number of nitrogens with one attached hydrogen (secondary N) is 1. The Morgan fingerprint density at radius 1 is 1.11 bits per heavy atom. The number of hydrogen-bond acceptors (Lipinski definition) is 4. The van der Waals surface area contributed by atoms with Crippen LogP contribution in [0.1, 0.15) is 11.3 Å². The van der Waals surface area contributed by atoms with Crippen LogP contribution in [0.4, 0.5) is 11.5 Å². The molecule has 1 aromatic heterocycles. The van der Waals surface area contributed by atoms with E-state index in [0.29, 0.717) is 0 Å². The molecule has 0 fully saturated rings. The number of anilines is 2. The van der Waals surface area contributed by atoms with Gasteiger partial charge in [-0.25, -0.2) is 4.98 Å². The first kappa shape index (κ1) is 13.3. The second-order valence-corrected chi connectivity index (χ2v) is 4.78. The van der Waals surface area contributed by atoms with E-state index in [1.165, 1.54) is 11.3 Å². The molecule has 0 bridgehead atoms. The lowest BCUT2D eigenvalue weighted by molar-refractivity contribution is 0.989. The highest BCUT2D eigenvalue weighted by atomic mass is 15.1. The number of aromatic nitrogens is 2. The van der Waals surface area contributed by atoms with E-state index in [2.05, 4.69) is 44.5 Å². The number of rotatable bonds is 5. The quantitative estimate of drug-likeness (QED) is 0.892. The molecular formula is C15H20N4. The van der Waals surface area contributed by atoms with Crippen molar-refractivity contribution in [2.75, 3.05) is 30.9 Å². The Morgan fingerprint density at radius 3 is 2.47 bits per heavy atom. The van der Waals surface area contributed by atoms with E-state index in [-0.39, 0.29) is 0 Å². The van der Waals surface area contributed by atoms with E-state index in [1.54, 1.807) is 12.4 Å². The third-order valence-electron chi connectivity index (χ3n) is 2.93. The molecule has 1 heterocycles. The van der Waals surface area contributed by atoms with Crippen molar-refractivity contribution in [2.45, 2.75) is 13.3 Å². The summed E-state index contributed by atoms with van der Waals surface area (Å²) in [6.45, 7) is 2.80. The highest BCUT2D eigenvalue weighted by Crippen LogP contribution is 2.12. The molecule has 0 unspecified atom stereocenters. The van der Waals surface area contributed by atoms with Crippen molar-refractivity contribution in [3.63, 3.8) is 0 Å². The second-order valence-electron chi connectivity index (χ2n) is 4.78. The van der Waals surface area contributed by atoms with Gasteiger partial charge in [-0.05, 0) is 31.0 Å². The van der Waals surface area contributed by atoms with E-state index >= 15 is 0 Å². The largest absolute Gasteiger partial charge is 0.378 e. The van der Waals surface area contributed by atoms with Crippen molar-refractivity contribution in [3.8, 4) is 0 Å². The minimum Gasteiger partial charge on any atom is -0.378 e. The molecule has 2 rings (SSSR count). The molecule has 0 amide bonds. The van der Waals surface area contributed by atoms with Crippen molar-refractivity contribution < 1.29 is 0 Å². The zero-order valence-corrected chi connectivity index (χ0v) is 11.7. The smallest absolute Gasteiger partial charge is 0.144 e. The van der Waals surface area contributed by atoms with E-state index < -0.39 is 0 Å². The summed E-state index contributed by atoms with van der Waals surface area (Å²) >= 11 is 0. The second kappa shape index (κ2) is 6.18. The van der Waals surface area contributed by atoms with Crippen molar-refractivity contribution >= 4 is 11.5 Å². The van der Waals surface area contributed by atoms with Crippen molar-refractivity contribution in [2.24, 2.45) is 0 Å². The van der Waals surface area contributed by atoms with E-state index in [4.69, 9.17) is 0 Å². The van der Waals surface area contributed by atoms with Crippen LogP contribution in [0, 0.1) is 6.92 Å². The highest BCUT2D eigenvalue weighted by molar-refractivity contribution is 5.46. The Labute approximate surface area is 114 Å². The van der Waals surface area contributed by atoms with Gasteiger partial charge in [-0.3, -0.25) is 4.98 Å². The summed E-state index contributed by atoms with van der Waals surface area (Å²) < 4.78 is 0. The topological polar surface area (TPSA) is 41.1 Å². The minimum absolute atomic E-state index is 0.838. The molecule has 0 aliphatic carbocycles. The van der Waals surface area contributed by atoms with Crippen LogP contribution in [0.5, 0.6) is 0 Å². The molecule has 19 heavy (non-hydrogen) atoms. The Balaban J connectivity index is 1.85. The van der Waals surface area contributed by atoms with Gasteiger partial charge < -0.3 is 10.2 Å². The van der Waals surface area contributed by atoms with Crippen LogP contribution >= 0.6 is 0 Å². The van der Waals surface area contributed by atoms with Gasteiger partial charge in [-0.15, -0.1) is 0 Å². The van der Waals surface area contributed by atoms with Crippen molar-refractivity contribution in [1.29, 1.82) is 0 Å². The van der Waals surface area contributed by atoms with Crippen molar-refractivity contribution in [1.82, 2.24) is 9.97 Å². The molecule has 0 spiro atoms. The van der Waals surface area contributed by atoms with Gasteiger partial charge in [0.15, 0.2) is 0 Å². The van der Waals surface area contributed by atoms with Crippen LogP contribution in [0.25, 0.3) is 0 Å². The molecule has 1 aromatic carbocycles. The summed E-state index contributed by atoms with van der Waals surface area (Å²) in [6, 6.07) is 8.61. The summed E-state index contributed by atoms with van der Waals surface area (Å²) in [6.07, 6.45) is 4.48. The lowest BCUT2D eigenvalue weighted by Gasteiger charge is -2.12. The SMILES string of the molecule is Cc1cncc(NCCc2ccc(N(C)C)cc2)n1. The van der Waals surface area contributed by atoms with Gasteiger partial charge in [0.2, 0.25) is 0 Å². The standard InChI is InChI=1S/C15H20N4/c1-12-10-16-11-15(18-12)17-9-8-13-4-6-14(7-5-13)19(2)3/h4-7,10-11H,8-9H2,1-3H3,(H,17,18). The third kappa shape index (κ3) is 3.95. The predicted molar refractivity (Wildman–Crippen MR) is 79.7 cm³/mol. The summed E-state index contributed by atoms with van der Waals surface area (Å²) in [4.78, 5) is 10.6. The Bertz CT molecular complexity index is 520. The van der Waals surface area contributed by atoms with Crippen LogP contribution in [-0.2, 0) is 6.42 Å². The molecule has 2 aromatic rings. The Morgan fingerprint density at radius 2 is 1.84 bits per heavy atom.